The minimum atomic E-state index is -3.56. The van der Waals surface area contributed by atoms with E-state index in [1.165, 1.54) is 23.3 Å². The molecule has 2 atom stereocenters. The maximum Gasteiger partial charge on any atom is 0.280 e. The van der Waals surface area contributed by atoms with Gasteiger partial charge in [0.05, 0.1) is 18.0 Å². The van der Waals surface area contributed by atoms with Crippen molar-refractivity contribution in [3.05, 3.63) is 70.0 Å². The number of nitrogen functional groups attached to an aromatic ring is 2. The number of nitrogens with zero attached hydrogens (tertiary/aromatic N) is 3. The van der Waals surface area contributed by atoms with E-state index < -0.39 is 22.0 Å². The molecule has 16 heteroatoms. The number of aliphatic imine (C=N–C) groups is 1. The number of aryl methyl sites for hydroxylation is 2. The van der Waals surface area contributed by atoms with Crippen molar-refractivity contribution in [1.29, 1.82) is 0 Å². The SMILES string of the molecule is C[C@@H](CCCc1ccc(CCCCN=C(N)NC(=O)c2nc(Cl)c(N)nc2N)cc1)NC[C@H](O)c1ccc(O)c(NS(C)(=O)=O)c1. The minimum absolute atomic E-state index is 0.0284. The molecule has 3 aromatic rings. The standard InChI is InChI=1S/C30H42ClN9O5S/c1-18(36-17-24(42)21-13-14-23(41)22(16-21)40-46(2,44)45)6-5-8-20-11-9-19(10-12-20)7-3-4-15-35-30(34)39-29(43)25-27(32)38-28(33)26(31)37-25/h9-14,16,18,24,36,40-42H,3-8,15,17H2,1-2H3,(H4,32,33,38)(H3,34,35,39,43)/t18-,24-/m0/s1. The van der Waals surface area contributed by atoms with Crippen molar-refractivity contribution in [2.75, 3.05) is 35.5 Å². The summed E-state index contributed by atoms with van der Waals surface area (Å²) < 4.78 is 25.3. The fraction of sp³-hybridized carbons (Fsp3) is 0.400. The number of phenolic OH excluding ortho intramolecular Hbond substituents is 1. The number of guanidine groups is 1. The molecule has 0 saturated heterocycles. The van der Waals surface area contributed by atoms with E-state index in [1.54, 1.807) is 6.07 Å². The molecule has 250 valence electrons. The van der Waals surface area contributed by atoms with Crippen molar-refractivity contribution in [3.63, 3.8) is 0 Å². The van der Waals surface area contributed by atoms with Gasteiger partial charge in [-0.25, -0.2) is 18.4 Å². The molecule has 2 aromatic carbocycles. The molecule has 1 aromatic heterocycles. The number of carbonyl (C=O) groups is 1. The van der Waals surface area contributed by atoms with E-state index in [-0.39, 0.29) is 52.5 Å². The Morgan fingerprint density at radius 3 is 2.33 bits per heavy atom. The highest BCUT2D eigenvalue weighted by Crippen LogP contribution is 2.28. The van der Waals surface area contributed by atoms with Gasteiger partial charge in [0, 0.05) is 19.1 Å². The number of halogens is 1. The molecule has 11 N–H and O–H groups in total. The molecule has 0 bridgehead atoms. The number of aliphatic hydroxyl groups excluding tert-OH is 1. The Bertz CT molecular complexity index is 1620. The monoisotopic (exact) mass is 675 g/mol. The molecule has 0 aliphatic heterocycles. The van der Waals surface area contributed by atoms with E-state index in [0.29, 0.717) is 12.1 Å². The Kier molecular flexibility index (Phi) is 13.4. The van der Waals surface area contributed by atoms with E-state index in [9.17, 15) is 23.4 Å². The second-order valence-electron chi connectivity index (χ2n) is 11.0. The molecular weight excluding hydrogens is 634 g/mol. The highest BCUT2D eigenvalue weighted by atomic mass is 35.5. The van der Waals surface area contributed by atoms with Crippen molar-refractivity contribution < 1.29 is 23.4 Å². The van der Waals surface area contributed by atoms with Gasteiger partial charge in [-0.15, -0.1) is 0 Å². The van der Waals surface area contributed by atoms with Crippen LogP contribution in [0.1, 0.15) is 65.9 Å². The Morgan fingerprint density at radius 1 is 1.02 bits per heavy atom. The van der Waals surface area contributed by atoms with E-state index in [0.717, 1.165) is 44.8 Å². The van der Waals surface area contributed by atoms with Crippen LogP contribution in [-0.2, 0) is 22.9 Å². The zero-order valence-electron chi connectivity index (χ0n) is 25.8. The number of hydrogen-bond acceptors (Lipinski definition) is 11. The van der Waals surface area contributed by atoms with Gasteiger partial charge in [-0.05, 0) is 74.3 Å². The second-order valence-corrected chi connectivity index (χ2v) is 13.1. The maximum absolute atomic E-state index is 12.3. The van der Waals surface area contributed by atoms with Crippen molar-refractivity contribution in [3.8, 4) is 5.75 Å². The van der Waals surface area contributed by atoms with E-state index in [2.05, 4.69) is 61.5 Å². The minimum Gasteiger partial charge on any atom is -0.506 e. The predicted octanol–water partition coefficient (Wildman–Crippen LogP) is 2.47. The Balaban J connectivity index is 1.32. The number of carbonyl (C=O) groups excluding carboxylic acids is 1. The van der Waals surface area contributed by atoms with Gasteiger partial charge in [0.25, 0.3) is 5.91 Å². The number of aromatic nitrogens is 2. The first kappa shape index (κ1) is 36.3. The average Bonchev–Trinajstić information content (AvgIpc) is 2.98. The van der Waals surface area contributed by atoms with Crippen molar-refractivity contribution in [2.24, 2.45) is 10.7 Å². The lowest BCUT2D eigenvalue weighted by Gasteiger charge is -2.18. The number of phenols is 1. The van der Waals surface area contributed by atoms with Gasteiger partial charge in [-0.2, -0.15) is 0 Å². The average molecular weight is 676 g/mol. The molecule has 0 unspecified atom stereocenters. The Morgan fingerprint density at radius 2 is 1.67 bits per heavy atom. The zero-order chi connectivity index (χ0) is 33.9. The number of anilines is 3. The summed E-state index contributed by atoms with van der Waals surface area (Å²) >= 11 is 5.81. The lowest BCUT2D eigenvalue weighted by molar-refractivity contribution is 0.0972. The smallest absolute Gasteiger partial charge is 0.280 e. The largest absolute Gasteiger partial charge is 0.506 e. The van der Waals surface area contributed by atoms with Crippen LogP contribution < -0.4 is 32.6 Å². The van der Waals surface area contributed by atoms with Crippen LogP contribution in [0, 0.1) is 0 Å². The highest BCUT2D eigenvalue weighted by Gasteiger charge is 2.17. The Labute approximate surface area is 273 Å². The van der Waals surface area contributed by atoms with Crippen molar-refractivity contribution in [1.82, 2.24) is 20.6 Å². The molecule has 0 saturated carbocycles. The number of aliphatic hydroxyl groups is 1. The predicted molar refractivity (Wildman–Crippen MR) is 181 cm³/mol. The number of hydrogen-bond donors (Lipinski definition) is 8. The van der Waals surface area contributed by atoms with Crippen LogP contribution >= 0.6 is 11.6 Å². The number of unbranched alkanes of at least 4 members (excludes halogenated alkanes) is 1. The highest BCUT2D eigenvalue weighted by molar-refractivity contribution is 7.92. The van der Waals surface area contributed by atoms with Crippen molar-refractivity contribution >= 4 is 50.8 Å². The number of sulfonamides is 1. The number of rotatable bonds is 16. The maximum atomic E-state index is 12.3. The topological polar surface area (TPSA) is 244 Å². The quantitative estimate of drug-likeness (QED) is 0.0474. The number of benzene rings is 2. The molecule has 1 amide bonds. The first-order chi connectivity index (χ1) is 21.7. The van der Waals surface area contributed by atoms with Crippen LogP contribution in [0.25, 0.3) is 0 Å². The number of aromatic hydroxyl groups is 1. The summed E-state index contributed by atoms with van der Waals surface area (Å²) in [6.45, 7) is 2.78. The molecular formula is C30H42ClN9O5S. The van der Waals surface area contributed by atoms with Crippen LogP contribution in [0.4, 0.5) is 17.3 Å². The third-order valence-electron chi connectivity index (χ3n) is 7.00. The summed E-state index contributed by atoms with van der Waals surface area (Å²) in [6.07, 6.45) is 5.48. The molecule has 0 fully saturated rings. The van der Waals surface area contributed by atoms with E-state index in [4.69, 9.17) is 28.8 Å². The van der Waals surface area contributed by atoms with E-state index >= 15 is 0 Å². The number of amides is 1. The number of nitrogens with two attached hydrogens (primary N) is 3. The van der Waals surface area contributed by atoms with Gasteiger partial charge >= 0.3 is 0 Å². The first-order valence-electron chi connectivity index (χ1n) is 14.7. The fourth-order valence-corrected chi connectivity index (χ4v) is 5.21. The van der Waals surface area contributed by atoms with Crippen LogP contribution in [0.2, 0.25) is 5.15 Å². The summed E-state index contributed by atoms with van der Waals surface area (Å²) in [5.74, 6) is -1.17. The van der Waals surface area contributed by atoms with Crippen LogP contribution in [0.15, 0.2) is 47.5 Å². The third kappa shape index (κ3) is 12.0. The second kappa shape index (κ2) is 16.9. The lowest BCUT2D eigenvalue weighted by atomic mass is 10.0. The van der Waals surface area contributed by atoms with Crippen LogP contribution in [-0.4, -0.2) is 65.9 Å². The van der Waals surface area contributed by atoms with Gasteiger partial charge in [0.1, 0.15) is 5.75 Å². The summed E-state index contributed by atoms with van der Waals surface area (Å²) in [7, 11) is -3.56. The molecule has 0 spiro atoms. The van der Waals surface area contributed by atoms with Gasteiger partial charge < -0.3 is 32.7 Å². The fourth-order valence-electron chi connectivity index (χ4n) is 4.52. The molecule has 46 heavy (non-hydrogen) atoms. The summed E-state index contributed by atoms with van der Waals surface area (Å²) in [6, 6.07) is 13.0. The molecule has 0 radical (unpaired) electrons. The molecule has 3 rings (SSSR count). The molecule has 14 nitrogen and oxygen atoms in total. The summed E-state index contributed by atoms with van der Waals surface area (Å²) in [5, 5.41) is 26.1. The first-order valence-corrected chi connectivity index (χ1v) is 17.0. The van der Waals surface area contributed by atoms with Gasteiger partial charge in [-0.1, -0.05) is 41.9 Å². The third-order valence-corrected chi connectivity index (χ3v) is 7.87. The van der Waals surface area contributed by atoms with Gasteiger partial charge in [0.15, 0.2) is 28.4 Å². The van der Waals surface area contributed by atoms with Gasteiger partial charge in [-0.3, -0.25) is 19.8 Å². The van der Waals surface area contributed by atoms with Crippen LogP contribution in [0.3, 0.4) is 0 Å². The normalized spacial score (nSPS) is 13.3. The van der Waals surface area contributed by atoms with Gasteiger partial charge in [0.2, 0.25) is 10.0 Å². The molecule has 0 aliphatic rings. The van der Waals surface area contributed by atoms with E-state index in [1.807, 2.05) is 0 Å². The summed E-state index contributed by atoms with van der Waals surface area (Å²) in [4.78, 5) is 24.1. The van der Waals surface area contributed by atoms with Crippen LogP contribution in [0.5, 0.6) is 5.75 Å². The molecule has 1 heterocycles. The summed E-state index contributed by atoms with van der Waals surface area (Å²) in [5.41, 5.74) is 19.8. The molecule has 0 aliphatic carbocycles. The van der Waals surface area contributed by atoms with Crippen molar-refractivity contribution in [2.45, 2.75) is 57.6 Å². The lowest BCUT2D eigenvalue weighted by Crippen LogP contribution is -2.38. The Hall–Kier alpha value is -4.18. The number of nitrogens with one attached hydrogen (secondary N) is 3. The zero-order valence-corrected chi connectivity index (χ0v) is 27.4.